The number of benzene rings is 1. The smallest absolute Gasteiger partial charge is 0.387 e. The van der Waals surface area contributed by atoms with Crippen molar-refractivity contribution in [1.29, 1.82) is 0 Å². The lowest BCUT2D eigenvalue weighted by Crippen LogP contribution is -2.47. The first kappa shape index (κ1) is 17.5. The molecule has 0 aromatic heterocycles. The lowest BCUT2D eigenvalue weighted by molar-refractivity contribution is -0.0504. The quantitative estimate of drug-likeness (QED) is 0.874. The number of amides is 2. The van der Waals surface area contributed by atoms with Crippen molar-refractivity contribution >= 4 is 6.03 Å². The molecule has 1 aromatic rings. The number of piperidine rings is 1. The average molecular weight is 327 g/mol. The summed E-state index contributed by atoms with van der Waals surface area (Å²) < 4.78 is 29.4. The topological polar surface area (TPSA) is 53.6 Å². The molecule has 1 heterocycles. The molecule has 0 unspecified atom stereocenters. The molecule has 0 radical (unpaired) electrons. The van der Waals surface area contributed by atoms with Gasteiger partial charge in [0.15, 0.2) is 0 Å². The maximum absolute atomic E-state index is 12.4. The summed E-state index contributed by atoms with van der Waals surface area (Å²) in [5.74, 6) is 0.0930. The summed E-state index contributed by atoms with van der Waals surface area (Å²) in [6.07, 6.45) is 1.82. The minimum atomic E-state index is -2.88. The standard InChI is InChI=1S/C16H23F2N3O2/c1-11-3-4-14(23-15(17)18)12(9-11)10-20-16(22)21(2)13-5-7-19-8-6-13/h3-4,9,13,15,19H,5-8,10H2,1-2H3,(H,20,22). The van der Waals surface area contributed by atoms with E-state index in [4.69, 9.17) is 0 Å². The molecule has 0 bridgehead atoms. The van der Waals surface area contributed by atoms with Crippen molar-refractivity contribution in [2.45, 2.75) is 39.0 Å². The number of aryl methyl sites for hydroxylation is 1. The summed E-state index contributed by atoms with van der Waals surface area (Å²) in [5.41, 5.74) is 1.46. The normalized spacial score (nSPS) is 15.5. The molecule has 0 saturated carbocycles. The third-order valence-electron chi connectivity index (χ3n) is 4.04. The molecule has 2 rings (SSSR count). The van der Waals surface area contributed by atoms with E-state index in [0.717, 1.165) is 31.5 Å². The molecule has 1 aromatic carbocycles. The molecule has 128 valence electrons. The molecule has 2 N–H and O–H groups in total. The molecule has 1 fully saturated rings. The molecule has 5 nitrogen and oxygen atoms in total. The highest BCUT2D eigenvalue weighted by atomic mass is 19.3. The molecular weight excluding hydrogens is 304 g/mol. The number of nitrogens with one attached hydrogen (secondary N) is 2. The third kappa shape index (κ3) is 5.06. The van der Waals surface area contributed by atoms with E-state index in [1.807, 2.05) is 6.92 Å². The first-order chi connectivity index (χ1) is 11.0. The predicted octanol–water partition coefficient (Wildman–Crippen LogP) is 2.49. The van der Waals surface area contributed by atoms with Gasteiger partial charge in [0.1, 0.15) is 5.75 Å². The van der Waals surface area contributed by atoms with Crippen LogP contribution >= 0.6 is 0 Å². The fraction of sp³-hybridized carbons (Fsp3) is 0.562. The maximum atomic E-state index is 12.4. The molecule has 1 aliphatic heterocycles. The SMILES string of the molecule is Cc1ccc(OC(F)F)c(CNC(=O)N(C)C2CCNCC2)c1. The zero-order valence-electron chi connectivity index (χ0n) is 13.4. The van der Waals surface area contributed by atoms with Gasteiger partial charge in [-0.05, 0) is 38.9 Å². The van der Waals surface area contributed by atoms with Crippen LogP contribution in [0.4, 0.5) is 13.6 Å². The van der Waals surface area contributed by atoms with Crippen molar-refractivity contribution in [3.05, 3.63) is 29.3 Å². The number of carbonyl (C=O) groups excluding carboxylic acids is 1. The fourth-order valence-corrected chi connectivity index (χ4v) is 2.71. The third-order valence-corrected chi connectivity index (χ3v) is 4.04. The highest BCUT2D eigenvalue weighted by molar-refractivity contribution is 5.74. The van der Waals surface area contributed by atoms with Gasteiger partial charge in [-0.25, -0.2) is 4.79 Å². The minimum Gasteiger partial charge on any atom is -0.434 e. The Hall–Kier alpha value is -1.89. The van der Waals surface area contributed by atoms with Crippen molar-refractivity contribution in [2.75, 3.05) is 20.1 Å². The molecule has 0 atom stereocenters. The van der Waals surface area contributed by atoms with E-state index in [2.05, 4.69) is 15.4 Å². The lowest BCUT2D eigenvalue weighted by Gasteiger charge is -2.31. The van der Waals surface area contributed by atoms with E-state index in [-0.39, 0.29) is 24.4 Å². The first-order valence-electron chi connectivity index (χ1n) is 7.73. The summed E-state index contributed by atoms with van der Waals surface area (Å²) in [6, 6.07) is 4.93. The summed E-state index contributed by atoms with van der Waals surface area (Å²) in [6.45, 7) is 0.917. The van der Waals surface area contributed by atoms with Gasteiger partial charge < -0.3 is 20.3 Å². The molecule has 2 amide bonds. The van der Waals surface area contributed by atoms with Gasteiger partial charge in [-0.2, -0.15) is 8.78 Å². The van der Waals surface area contributed by atoms with Crippen molar-refractivity contribution in [3.8, 4) is 5.75 Å². The van der Waals surface area contributed by atoms with Gasteiger partial charge in [0.2, 0.25) is 0 Å². The Balaban J connectivity index is 1.96. The van der Waals surface area contributed by atoms with Gasteiger partial charge in [0, 0.05) is 25.2 Å². The number of rotatable bonds is 5. The molecule has 0 spiro atoms. The van der Waals surface area contributed by atoms with Crippen LogP contribution < -0.4 is 15.4 Å². The molecule has 0 aliphatic carbocycles. The Morgan fingerprint density at radius 3 is 2.78 bits per heavy atom. The molecule has 7 heteroatoms. The van der Waals surface area contributed by atoms with Crippen LogP contribution in [0.5, 0.6) is 5.75 Å². The Labute approximate surface area is 135 Å². The van der Waals surface area contributed by atoms with Gasteiger partial charge in [-0.15, -0.1) is 0 Å². The molecular formula is C16H23F2N3O2. The molecule has 1 saturated heterocycles. The van der Waals surface area contributed by atoms with Crippen LogP contribution in [-0.2, 0) is 6.54 Å². The van der Waals surface area contributed by atoms with Crippen molar-refractivity contribution in [2.24, 2.45) is 0 Å². The van der Waals surface area contributed by atoms with E-state index in [1.165, 1.54) is 6.07 Å². The van der Waals surface area contributed by atoms with E-state index < -0.39 is 6.61 Å². The second-order valence-electron chi connectivity index (χ2n) is 5.74. The number of hydrogen-bond acceptors (Lipinski definition) is 3. The number of carbonyl (C=O) groups is 1. The first-order valence-corrected chi connectivity index (χ1v) is 7.73. The summed E-state index contributed by atoms with van der Waals surface area (Å²) in [4.78, 5) is 13.9. The number of ether oxygens (including phenoxy) is 1. The molecule has 23 heavy (non-hydrogen) atoms. The van der Waals surface area contributed by atoms with Crippen LogP contribution in [0.3, 0.4) is 0 Å². The zero-order valence-corrected chi connectivity index (χ0v) is 13.4. The van der Waals surface area contributed by atoms with Crippen LogP contribution in [0.15, 0.2) is 18.2 Å². The number of urea groups is 1. The lowest BCUT2D eigenvalue weighted by atomic mass is 10.1. The number of halogens is 2. The zero-order chi connectivity index (χ0) is 16.8. The largest absolute Gasteiger partial charge is 0.434 e. The van der Waals surface area contributed by atoms with Gasteiger partial charge in [-0.1, -0.05) is 17.7 Å². The monoisotopic (exact) mass is 327 g/mol. The fourth-order valence-electron chi connectivity index (χ4n) is 2.71. The Morgan fingerprint density at radius 2 is 2.13 bits per heavy atom. The van der Waals surface area contributed by atoms with Crippen molar-refractivity contribution in [3.63, 3.8) is 0 Å². The van der Waals surface area contributed by atoms with E-state index in [1.54, 1.807) is 24.1 Å². The highest BCUT2D eigenvalue weighted by Crippen LogP contribution is 2.22. The van der Waals surface area contributed by atoms with Crippen LogP contribution in [0.25, 0.3) is 0 Å². The van der Waals surface area contributed by atoms with E-state index in [9.17, 15) is 13.6 Å². The Bertz CT molecular complexity index is 534. The van der Waals surface area contributed by atoms with Gasteiger partial charge in [-0.3, -0.25) is 0 Å². The van der Waals surface area contributed by atoms with Crippen LogP contribution in [0.1, 0.15) is 24.0 Å². The van der Waals surface area contributed by atoms with Crippen molar-refractivity contribution < 1.29 is 18.3 Å². The second kappa shape index (κ2) is 8.10. The van der Waals surface area contributed by atoms with Crippen LogP contribution in [0, 0.1) is 6.92 Å². The second-order valence-corrected chi connectivity index (χ2v) is 5.74. The molecule has 1 aliphatic rings. The number of hydrogen-bond donors (Lipinski definition) is 2. The van der Waals surface area contributed by atoms with Gasteiger partial charge in [0.05, 0.1) is 0 Å². The highest BCUT2D eigenvalue weighted by Gasteiger charge is 2.22. The Kier molecular flexibility index (Phi) is 6.15. The number of nitrogens with zero attached hydrogens (tertiary/aromatic N) is 1. The summed E-state index contributed by atoms with van der Waals surface area (Å²) >= 11 is 0. The van der Waals surface area contributed by atoms with Gasteiger partial charge in [0.25, 0.3) is 0 Å². The summed E-state index contributed by atoms with van der Waals surface area (Å²) in [7, 11) is 1.76. The van der Waals surface area contributed by atoms with Crippen LogP contribution in [-0.4, -0.2) is 43.7 Å². The Morgan fingerprint density at radius 1 is 1.43 bits per heavy atom. The van der Waals surface area contributed by atoms with Crippen LogP contribution in [0.2, 0.25) is 0 Å². The van der Waals surface area contributed by atoms with Crippen molar-refractivity contribution in [1.82, 2.24) is 15.5 Å². The minimum absolute atomic E-state index is 0.0930. The summed E-state index contributed by atoms with van der Waals surface area (Å²) in [5, 5.41) is 6.03. The average Bonchev–Trinajstić information content (AvgIpc) is 2.54. The van der Waals surface area contributed by atoms with E-state index in [0.29, 0.717) is 5.56 Å². The van der Waals surface area contributed by atoms with E-state index >= 15 is 0 Å². The number of alkyl halides is 2. The predicted molar refractivity (Wildman–Crippen MR) is 83.7 cm³/mol. The maximum Gasteiger partial charge on any atom is 0.387 e. The van der Waals surface area contributed by atoms with Gasteiger partial charge >= 0.3 is 12.6 Å².